The van der Waals surface area contributed by atoms with Crippen molar-refractivity contribution in [3.8, 4) is 23.0 Å². The quantitative estimate of drug-likeness (QED) is 0.451. The highest BCUT2D eigenvalue weighted by molar-refractivity contribution is 5.93. The number of rotatable bonds is 9. The van der Waals surface area contributed by atoms with E-state index in [-0.39, 0.29) is 31.4 Å². The molecule has 0 saturated heterocycles. The summed E-state index contributed by atoms with van der Waals surface area (Å²) in [6.45, 7) is 2.99. The first-order chi connectivity index (χ1) is 16.0. The van der Waals surface area contributed by atoms with Crippen LogP contribution >= 0.6 is 0 Å². The lowest BCUT2D eigenvalue weighted by molar-refractivity contribution is -0.137. The number of unbranched alkanes of at least 4 members (excludes halogenated alkanes) is 1. The molecule has 0 aromatic heterocycles. The smallest absolute Gasteiger partial charge is 0.407 e. The highest BCUT2D eigenvalue weighted by Gasteiger charge is 2.28. The van der Waals surface area contributed by atoms with E-state index >= 15 is 0 Å². The first-order valence-corrected chi connectivity index (χ1v) is 11.1. The molecule has 0 saturated carbocycles. The summed E-state index contributed by atoms with van der Waals surface area (Å²) in [4.78, 5) is 36.4. The van der Waals surface area contributed by atoms with E-state index in [4.69, 9.17) is 9.84 Å². The van der Waals surface area contributed by atoms with Gasteiger partial charge in [-0.2, -0.15) is 0 Å². The molecule has 3 rings (SSSR count). The zero-order valence-corrected chi connectivity index (χ0v) is 18.7. The van der Waals surface area contributed by atoms with E-state index < -0.39 is 12.1 Å². The van der Waals surface area contributed by atoms with Crippen LogP contribution in [0.15, 0.2) is 48.5 Å². The third-order valence-corrected chi connectivity index (χ3v) is 5.60. The number of carbonyl (C=O) groups is 3. The third kappa shape index (κ3) is 6.36. The lowest BCUT2D eigenvalue weighted by Crippen LogP contribution is -2.31. The van der Waals surface area contributed by atoms with Crippen LogP contribution in [-0.4, -0.2) is 54.2 Å². The van der Waals surface area contributed by atoms with Crippen LogP contribution in [0, 0.1) is 11.8 Å². The molecule has 2 amide bonds. The van der Waals surface area contributed by atoms with Crippen LogP contribution in [0.2, 0.25) is 0 Å². The van der Waals surface area contributed by atoms with Gasteiger partial charge in [0, 0.05) is 25.4 Å². The van der Waals surface area contributed by atoms with Gasteiger partial charge in [0.1, 0.15) is 6.61 Å². The Hall–Kier alpha value is -3.79. The average Bonchev–Trinajstić information content (AvgIpc) is 3.14. The van der Waals surface area contributed by atoms with Crippen LogP contribution in [0.1, 0.15) is 43.2 Å². The molecule has 0 heterocycles. The molecule has 2 aromatic rings. The predicted octanol–water partition coefficient (Wildman–Crippen LogP) is 3.63. The minimum Gasteiger partial charge on any atom is -0.481 e. The van der Waals surface area contributed by atoms with Crippen LogP contribution in [-0.2, 0) is 14.3 Å². The monoisotopic (exact) mass is 448 g/mol. The maximum Gasteiger partial charge on any atom is 0.407 e. The second-order valence-electron chi connectivity index (χ2n) is 7.72. The standard InChI is InChI=1S/C26H28N2O5/c1-2-28(17-8-7-15-25(30)31)24(29)14-9-16-27-26(32)33-18-23-21-12-5-3-10-19(21)20-11-4-6-13-22(20)23/h3-6,10-13,23H,2,7-8,15-18H2,1H3,(H,27,32)(H,30,31). The molecule has 1 aliphatic rings. The number of alkyl carbamates (subject to hydrolysis) is 1. The molecule has 172 valence electrons. The van der Waals surface area contributed by atoms with E-state index in [1.54, 1.807) is 4.90 Å². The lowest BCUT2D eigenvalue weighted by Gasteiger charge is -2.17. The van der Waals surface area contributed by atoms with E-state index in [0.29, 0.717) is 25.9 Å². The van der Waals surface area contributed by atoms with Gasteiger partial charge in [-0.3, -0.25) is 9.59 Å². The van der Waals surface area contributed by atoms with Crippen LogP contribution in [0.5, 0.6) is 0 Å². The van der Waals surface area contributed by atoms with Gasteiger partial charge in [0.25, 0.3) is 5.91 Å². The van der Waals surface area contributed by atoms with Crippen LogP contribution in [0.25, 0.3) is 11.1 Å². The molecule has 0 radical (unpaired) electrons. The summed E-state index contributed by atoms with van der Waals surface area (Å²) < 4.78 is 5.44. The van der Waals surface area contributed by atoms with Crippen LogP contribution in [0.3, 0.4) is 0 Å². The molecule has 0 bridgehead atoms. The Balaban J connectivity index is 1.45. The van der Waals surface area contributed by atoms with E-state index in [2.05, 4.69) is 41.4 Å². The summed E-state index contributed by atoms with van der Waals surface area (Å²) in [5.74, 6) is 3.96. The van der Waals surface area contributed by atoms with Gasteiger partial charge in [-0.25, -0.2) is 4.79 Å². The number of hydrogen-bond acceptors (Lipinski definition) is 4. The van der Waals surface area contributed by atoms with Gasteiger partial charge in [0.15, 0.2) is 0 Å². The number of nitrogens with one attached hydrogen (secondary N) is 1. The minimum absolute atomic E-state index is 0.00101. The first kappa shape index (κ1) is 23.9. The number of ether oxygens (including phenoxy) is 1. The van der Waals surface area contributed by atoms with Gasteiger partial charge in [-0.1, -0.05) is 54.5 Å². The fourth-order valence-corrected chi connectivity index (χ4v) is 3.95. The number of nitrogens with zero attached hydrogens (tertiary/aromatic N) is 1. The fourth-order valence-electron chi connectivity index (χ4n) is 3.95. The molecule has 7 nitrogen and oxygen atoms in total. The largest absolute Gasteiger partial charge is 0.481 e. The van der Waals surface area contributed by atoms with Crippen molar-refractivity contribution in [2.45, 2.75) is 32.1 Å². The second kappa shape index (κ2) is 11.7. The van der Waals surface area contributed by atoms with Gasteiger partial charge in [-0.15, -0.1) is 0 Å². The third-order valence-electron chi connectivity index (χ3n) is 5.60. The van der Waals surface area contributed by atoms with Crippen molar-refractivity contribution in [1.82, 2.24) is 10.2 Å². The molecular weight excluding hydrogens is 420 g/mol. The molecule has 2 aromatic carbocycles. The SMILES string of the molecule is CCN(CCCCC(=O)O)C(=O)C#CCNC(=O)OCC1c2ccccc2-c2ccccc21. The molecular formula is C26H28N2O5. The molecule has 1 aliphatic carbocycles. The van der Waals surface area contributed by atoms with E-state index in [0.717, 1.165) is 22.3 Å². The first-order valence-electron chi connectivity index (χ1n) is 11.1. The zero-order chi connectivity index (χ0) is 23.6. The topological polar surface area (TPSA) is 95.9 Å². The number of carboxylic acid groups (broad SMARTS) is 1. The average molecular weight is 449 g/mol. The molecule has 33 heavy (non-hydrogen) atoms. The summed E-state index contributed by atoms with van der Waals surface area (Å²) >= 11 is 0. The van der Waals surface area contributed by atoms with Gasteiger partial charge < -0.3 is 20.1 Å². The number of carbonyl (C=O) groups excluding carboxylic acids is 2. The van der Waals surface area contributed by atoms with Gasteiger partial charge in [0.05, 0.1) is 6.54 Å². The van der Waals surface area contributed by atoms with Gasteiger partial charge >= 0.3 is 12.1 Å². The Morgan fingerprint density at radius 1 is 1.03 bits per heavy atom. The minimum atomic E-state index is -0.844. The highest BCUT2D eigenvalue weighted by Crippen LogP contribution is 2.44. The Bertz CT molecular complexity index is 1020. The lowest BCUT2D eigenvalue weighted by atomic mass is 9.98. The van der Waals surface area contributed by atoms with E-state index in [1.807, 2.05) is 31.2 Å². The number of amides is 2. The van der Waals surface area contributed by atoms with E-state index in [1.165, 1.54) is 0 Å². The number of carboxylic acids is 1. The number of benzene rings is 2. The van der Waals surface area contributed by atoms with Crippen molar-refractivity contribution in [3.63, 3.8) is 0 Å². The number of aliphatic carboxylic acids is 1. The van der Waals surface area contributed by atoms with Crippen molar-refractivity contribution in [2.75, 3.05) is 26.2 Å². The number of hydrogen-bond donors (Lipinski definition) is 2. The maximum absolute atomic E-state index is 12.2. The second-order valence-corrected chi connectivity index (χ2v) is 7.72. The molecule has 7 heteroatoms. The van der Waals surface area contributed by atoms with Crippen LogP contribution < -0.4 is 5.32 Å². The summed E-state index contributed by atoms with van der Waals surface area (Å²) in [6, 6.07) is 16.2. The molecule has 0 unspecified atom stereocenters. The Labute approximate surface area is 193 Å². The zero-order valence-electron chi connectivity index (χ0n) is 18.7. The van der Waals surface area contributed by atoms with E-state index in [9.17, 15) is 14.4 Å². The van der Waals surface area contributed by atoms with Gasteiger partial charge in [-0.05, 0) is 47.9 Å². The maximum atomic E-state index is 12.2. The fraction of sp³-hybridized carbons (Fsp3) is 0.346. The van der Waals surface area contributed by atoms with Crippen molar-refractivity contribution in [3.05, 3.63) is 59.7 Å². The molecule has 2 N–H and O–H groups in total. The summed E-state index contributed by atoms with van der Waals surface area (Å²) in [7, 11) is 0. The normalized spacial score (nSPS) is 11.5. The van der Waals surface area contributed by atoms with Crippen LogP contribution in [0.4, 0.5) is 4.79 Å². The molecule has 0 fully saturated rings. The molecule has 0 spiro atoms. The highest BCUT2D eigenvalue weighted by atomic mass is 16.5. The summed E-state index contributed by atoms with van der Waals surface area (Å²) in [5, 5.41) is 11.2. The number of fused-ring (bicyclic) bond motifs is 3. The van der Waals surface area contributed by atoms with Crippen molar-refractivity contribution in [2.24, 2.45) is 0 Å². The summed E-state index contributed by atoms with van der Waals surface area (Å²) in [6.07, 6.45) is 0.614. The molecule has 0 atom stereocenters. The van der Waals surface area contributed by atoms with Crippen molar-refractivity contribution < 1.29 is 24.2 Å². The van der Waals surface area contributed by atoms with Gasteiger partial charge in [0.2, 0.25) is 0 Å². The van der Waals surface area contributed by atoms with Crippen molar-refractivity contribution >= 4 is 18.0 Å². The summed E-state index contributed by atoms with van der Waals surface area (Å²) in [5.41, 5.74) is 4.60. The Morgan fingerprint density at radius 2 is 1.67 bits per heavy atom. The Morgan fingerprint density at radius 3 is 2.27 bits per heavy atom. The van der Waals surface area contributed by atoms with Crippen molar-refractivity contribution in [1.29, 1.82) is 0 Å². The Kier molecular flexibility index (Phi) is 8.48. The molecule has 0 aliphatic heterocycles. The predicted molar refractivity (Wildman–Crippen MR) is 125 cm³/mol.